The zero-order chi connectivity index (χ0) is 24.2. The van der Waals surface area contributed by atoms with Crippen molar-refractivity contribution in [2.75, 3.05) is 18.4 Å². The molecule has 0 bridgehead atoms. The Morgan fingerprint density at radius 3 is 2.77 bits per heavy atom. The Morgan fingerprint density at radius 1 is 1.17 bits per heavy atom. The van der Waals surface area contributed by atoms with Crippen molar-refractivity contribution in [3.05, 3.63) is 72.3 Å². The van der Waals surface area contributed by atoms with Gasteiger partial charge in [-0.25, -0.2) is 4.98 Å². The molecule has 1 aliphatic carbocycles. The minimum absolute atomic E-state index is 0.0111. The van der Waals surface area contributed by atoms with E-state index in [1.54, 1.807) is 0 Å². The fourth-order valence-electron chi connectivity index (χ4n) is 5.69. The first-order chi connectivity index (χ1) is 17.0. The van der Waals surface area contributed by atoms with Crippen molar-refractivity contribution >= 4 is 40.1 Å². The zero-order valence-electron chi connectivity index (χ0n) is 19.6. The molecule has 1 N–H and O–H groups in total. The zero-order valence-corrected chi connectivity index (χ0v) is 20.4. The summed E-state index contributed by atoms with van der Waals surface area (Å²) < 4.78 is 4.23. The quantitative estimate of drug-likeness (QED) is 0.400. The van der Waals surface area contributed by atoms with E-state index in [0.29, 0.717) is 10.8 Å². The Hall–Kier alpha value is -3.65. The van der Waals surface area contributed by atoms with Crippen LogP contribution >= 0.6 is 11.3 Å². The van der Waals surface area contributed by atoms with E-state index in [2.05, 4.69) is 22.5 Å². The lowest BCUT2D eigenvalue weighted by atomic mass is 9.65. The number of likely N-dealkylation sites (tertiary alicyclic amines) is 1. The van der Waals surface area contributed by atoms with Gasteiger partial charge in [0.25, 0.3) is 5.91 Å². The molecule has 6 rings (SSSR count). The van der Waals surface area contributed by atoms with Gasteiger partial charge in [0, 0.05) is 32.4 Å². The third-order valence-corrected chi connectivity index (χ3v) is 8.58. The van der Waals surface area contributed by atoms with Crippen molar-refractivity contribution < 1.29 is 9.59 Å². The second kappa shape index (κ2) is 8.23. The van der Waals surface area contributed by atoms with Crippen molar-refractivity contribution in [3.8, 4) is 10.6 Å². The van der Waals surface area contributed by atoms with Gasteiger partial charge >= 0.3 is 0 Å². The number of nitrogens with zero attached hydrogens (tertiary/aromatic N) is 4. The summed E-state index contributed by atoms with van der Waals surface area (Å²) in [6, 6.07) is 16.2. The molecule has 1 saturated carbocycles. The van der Waals surface area contributed by atoms with Crippen LogP contribution in [0.1, 0.15) is 35.0 Å². The van der Waals surface area contributed by atoms with E-state index in [0.717, 1.165) is 54.0 Å². The molecule has 35 heavy (non-hydrogen) atoms. The number of aromatic nitrogens is 3. The van der Waals surface area contributed by atoms with Gasteiger partial charge in [-0.2, -0.15) is 0 Å². The first-order valence-corrected chi connectivity index (χ1v) is 12.7. The molecule has 1 saturated heterocycles. The molecule has 178 valence electrons. The SMILES string of the molecule is C=CC(=O)N1CCC2(CC(n3c(NC(=O)c4ccc(-c5cccn5C)s4)nc4ccccc43)C2)C1. The van der Waals surface area contributed by atoms with Crippen molar-refractivity contribution in [1.29, 1.82) is 0 Å². The summed E-state index contributed by atoms with van der Waals surface area (Å²) in [7, 11) is 2.00. The molecule has 0 atom stereocenters. The fourth-order valence-corrected chi connectivity index (χ4v) is 6.66. The highest BCUT2D eigenvalue weighted by Crippen LogP contribution is 2.55. The van der Waals surface area contributed by atoms with Gasteiger partial charge in [-0.15, -0.1) is 11.3 Å². The van der Waals surface area contributed by atoms with Gasteiger partial charge in [0.1, 0.15) is 0 Å². The number of para-hydroxylation sites is 2. The second-order valence-corrected chi connectivity index (χ2v) is 10.8. The second-order valence-electron chi connectivity index (χ2n) is 9.69. The lowest BCUT2D eigenvalue weighted by Crippen LogP contribution is -2.42. The summed E-state index contributed by atoms with van der Waals surface area (Å²) in [5, 5.41) is 3.09. The molecule has 1 aromatic carbocycles. The number of anilines is 1. The number of fused-ring (bicyclic) bond motifs is 1. The van der Waals surface area contributed by atoms with Gasteiger partial charge in [0.15, 0.2) is 0 Å². The van der Waals surface area contributed by atoms with Crippen LogP contribution in [0.25, 0.3) is 21.6 Å². The lowest BCUT2D eigenvalue weighted by Gasteiger charge is -2.46. The minimum Gasteiger partial charge on any atom is -0.350 e. The van der Waals surface area contributed by atoms with Crippen LogP contribution < -0.4 is 5.32 Å². The third kappa shape index (κ3) is 3.69. The Kier molecular flexibility index (Phi) is 5.14. The Labute approximate surface area is 207 Å². The van der Waals surface area contributed by atoms with Crippen LogP contribution in [-0.4, -0.2) is 43.9 Å². The Bertz CT molecular complexity index is 1460. The van der Waals surface area contributed by atoms with Crippen LogP contribution in [0.15, 0.2) is 67.4 Å². The number of carbonyl (C=O) groups is 2. The predicted molar refractivity (Wildman–Crippen MR) is 139 cm³/mol. The first kappa shape index (κ1) is 21.9. The molecule has 2 aliphatic rings. The molecule has 2 fully saturated rings. The van der Waals surface area contributed by atoms with Gasteiger partial charge in [-0.1, -0.05) is 18.7 Å². The molecule has 3 aromatic heterocycles. The number of imidazole rings is 1. The van der Waals surface area contributed by atoms with E-state index in [-0.39, 0.29) is 23.3 Å². The number of thiophene rings is 1. The van der Waals surface area contributed by atoms with Gasteiger partial charge in [-0.3, -0.25) is 14.9 Å². The molecular formula is C27H27N5O2S. The molecular weight excluding hydrogens is 458 g/mol. The van der Waals surface area contributed by atoms with Gasteiger partial charge in [0.2, 0.25) is 11.9 Å². The number of benzene rings is 1. The van der Waals surface area contributed by atoms with Crippen LogP contribution in [0, 0.1) is 5.41 Å². The fraction of sp³-hybridized carbons (Fsp3) is 0.296. The standard InChI is InChI=1S/C27H27N5O2S/c1-3-24(33)31-14-12-27(17-31)15-18(16-27)32-20-8-5-4-7-19(20)28-26(32)29-25(34)23-11-10-22(35-23)21-9-6-13-30(21)2/h3-11,13,18H,1,12,14-17H2,2H3,(H,28,29,34). The number of rotatable bonds is 5. The maximum atomic E-state index is 13.2. The first-order valence-electron chi connectivity index (χ1n) is 11.9. The predicted octanol–water partition coefficient (Wildman–Crippen LogP) is 5.10. The van der Waals surface area contributed by atoms with Crippen molar-refractivity contribution in [2.45, 2.75) is 25.3 Å². The van der Waals surface area contributed by atoms with E-state index in [9.17, 15) is 9.59 Å². The molecule has 1 spiro atoms. The van der Waals surface area contributed by atoms with E-state index >= 15 is 0 Å². The number of hydrogen-bond donors (Lipinski definition) is 1. The Balaban J connectivity index is 1.25. The number of aryl methyl sites for hydroxylation is 1. The van der Waals surface area contributed by atoms with Crippen molar-refractivity contribution in [1.82, 2.24) is 19.0 Å². The highest BCUT2D eigenvalue weighted by Gasteiger charge is 2.50. The minimum atomic E-state index is -0.148. The monoisotopic (exact) mass is 485 g/mol. The molecule has 1 aliphatic heterocycles. The summed E-state index contributed by atoms with van der Waals surface area (Å²) in [5.41, 5.74) is 3.12. The van der Waals surface area contributed by atoms with Crippen LogP contribution in [0.2, 0.25) is 0 Å². The van der Waals surface area contributed by atoms with Crippen molar-refractivity contribution in [3.63, 3.8) is 0 Å². The van der Waals surface area contributed by atoms with E-state index in [1.807, 2.05) is 65.2 Å². The lowest BCUT2D eigenvalue weighted by molar-refractivity contribution is -0.125. The molecule has 2 amide bonds. The maximum absolute atomic E-state index is 13.2. The largest absolute Gasteiger partial charge is 0.350 e. The average molecular weight is 486 g/mol. The highest BCUT2D eigenvalue weighted by molar-refractivity contribution is 7.17. The van der Waals surface area contributed by atoms with Crippen LogP contribution in [0.3, 0.4) is 0 Å². The van der Waals surface area contributed by atoms with E-state index < -0.39 is 0 Å². The van der Waals surface area contributed by atoms with Crippen LogP contribution in [0.4, 0.5) is 5.95 Å². The molecule has 8 heteroatoms. The normalized spacial score (nSPS) is 21.4. The molecule has 7 nitrogen and oxygen atoms in total. The molecule has 0 radical (unpaired) electrons. The van der Waals surface area contributed by atoms with E-state index in [4.69, 9.17) is 4.98 Å². The van der Waals surface area contributed by atoms with Gasteiger partial charge in [-0.05, 0) is 67.2 Å². The smallest absolute Gasteiger partial charge is 0.268 e. The maximum Gasteiger partial charge on any atom is 0.268 e. The summed E-state index contributed by atoms with van der Waals surface area (Å²) in [4.78, 5) is 33.7. The number of nitrogens with one attached hydrogen (secondary N) is 1. The highest BCUT2D eigenvalue weighted by atomic mass is 32.1. The molecule has 4 aromatic rings. The number of amides is 2. The van der Waals surface area contributed by atoms with Crippen LogP contribution in [-0.2, 0) is 11.8 Å². The molecule has 4 heterocycles. The van der Waals surface area contributed by atoms with Gasteiger partial charge in [0.05, 0.1) is 26.5 Å². The summed E-state index contributed by atoms with van der Waals surface area (Å²) >= 11 is 1.48. The van der Waals surface area contributed by atoms with E-state index in [1.165, 1.54) is 17.4 Å². The molecule has 0 unspecified atom stereocenters. The topological polar surface area (TPSA) is 72.2 Å². The Morgan fingerprint density at radius 2 is 2.00 bits per heavy atom. The summed E-state index contributed by atoms with van der Waals surface area (Å²) in [5.74, 6) is 0.448. The third-order valence-electron chi connectivity index (χ3n) is 7.47. The number of hydrogen-bond acceptors (Lipinski definition) is 4. The summed E-state index contributed by atoms with van der Waals surface area (Å²) in [6.45, 7) is 5.19. The van der Waals surface area contributed by atoms with Gasteiger partial charge < -0.3 is 14.0 Å². The van der Waals surface area contributed by atoms with Crippen molar-refractivity contribution in [2.24, 2.45) is 12.5 Å². The number of carbonyl (C=O) groups excluding carboxylic acids is 2. The average Bonchev–Trinajstić information content (AvgIpc) is 3.62. The van der Waals surface area contributed by atoms with Crippen LogP contribution in [0.5, 0.6) is 0 Å². The summed E-state index contributed by atoms with van der Waals surface area (Å²) in [6.07, 6.45) is 6.34.